The van der Waals surface area contributed by atoms with Crippen LogP contribution < -0.4 is 5.32 Å². The van der Waals surface area contributed by atoms with Gasteiger partial charge in [-0.15, -0.1) is 6.04 Å². The van der Waals surface area contributed by atoms with Crippen LogP contribution in [0.3, 0.4) is 0 Å². The van der Waals surface area contributed by atoms with Gasteiger partial charge in [0.25, 0.3) is 0 Å². The average Bonchev–Trinajstić information content (AvgIpc) is 1.80. The highest BCUT2D eigenvalue weighted by Crippen LogP contribution is 2.12. The van der Waals surface area contributed by atoms with E-state index in [1.165, 1.54) is 6.92 Å². The Balaban J connectivity index is 3.58. The summed E-state index contributed by atoms with van der Waals surface area (Å²) < 4.78 is 34.5. The number of carbonyl (C=O) groups excluding carboxylic acids is 1. The first kappa shape index (κ1) is 11.2. The molecule has 72 valence electrons. The molecule has 0 spiro atoms. The number of hydrogen-bond acceptors (Lipinski definition) is 1. The van der Waals surface area contributed by atoms with E-state index in [0.29, 0.717) is 0 Å². The Hall–Kier alpha value is -0.780. The lowest BCUT2D eigenvalue weighted by molar-refractivity contribution is -0.138. The maximum absolute atomic E-state index is 11.5. The van der Waals surface area contributed by atoms with Gasteiger partial charge in [0.05, 0.1) is 0 Å². The molecule has 0 bridgehead atoms. The molecule has 1 atom stereocenters. The Labute approximate surface area is 68.1 Å². The molecule has 3 nitrogen and oxygen atoms in total. The summed E-state index contributed by atoms with van der Waals surface area (Å²) in [6.07, 6.45) is -4.57. The van der Waals surface area contributed by atoms with E-state index < -0.39 is 24.7 Å². The molecule has 0 aliphatic rings. The highest BCUT2D eigenvalue weighted by Gasteiger charge is 2.27. The number of rotatable bonds is 3. The zero-order valence-corrected chi connectivity index (χ0v) is 6.53. The monoisotopic (exact) mass is 183 g/mol. The van der Waals surface area contributed by atoms with Crippen LogP contribution in [0.15, 0.2) is 0 Å². The van der Waals surface area contributed by atoms with Gasteiger partial charge in [-0.3, -0.25) is 4.79 Å². The first-order valence-corrected chi connectivity index (χ1v) is 3.36. The van der Waals surface area contributed by atoms with Crippen molar-refractivity contribution in [3.05, 3.63) is 5.73 Å². The van der Waals surface area contributed by atoms with Crippen LogP contribution in [0.5, 0.6) is 0 Å². The summed E-state index contributed by atoms with van der Waals surface area (Å²) in [7, 11) is 0. The molecule has 0 radical (unpaired) electrons. The van der Waals surface area contributed by atoms with Gasteiger partial charge >= 0.3 is 6.18 Å². The molecule has 0 fully saturated rings. The smallest absolute Gasteiger partial charge is 0.405 e. The van der Waals surface area contributed by atoms with Gasteiger partial charge < -0.3 is 11.1 Å². The fourth-order valence-electron chi connectivity index (χ4n) is 0.549. The average molecular weight is 183 g/mol. The molecule has 6 heteroatoms. The molecule has 0 aromatic heterocycles. The van der Waals surface area contributed by atoms with Crippen LogP contribution in [-0.4, -0.2) is 24.7 Å². The summed E-state index contributed by atoms with van der Waals surface area (Å²) in [5.74, 6) is -0.741. The Kier molecular flexibility index (Phi) is 4.02. The normalized spacial score (nSPS) is 14.1. The summed E-state index contributed by atoms with van der Waals surface area (Å²) in [6, 6.07) is -0.668. The molecule has 1 amide bonds. The quantitative estimate of drug-likeness (QED) is 0.708. The van der Waals surface area contributed by atoms with Gasteiger partial charge in [-0.2, -0.15) is 13.2 Å². The summed E-state index contributed by atoms with van der Waals surface area (Å²) in [6.45, 7) is 0.117. The van der Waals surface area contributed by atoms with Crippen LogP contribution in [0.1, 0.15) is 13.3 Å². The lowest BCUT2D eigenvalue weighted by Gasteiger charge is -2.13. The Morgan fingerprint density at radius 1 is 1.58 bits per heavy atom. The second kappa shape index (κ2) is 4.30. The molecular weight excluding hydrogens is 173 g/mol. The third-order valence-electron chi connectivity index (χ3n) is 0.978. The largest absolute Gasteiger partial charge is 0.674 e. The molecule has 0 aliphatic heterocycles. The van der Waals surface area contributed by atoms with Gasteiger partial charge in [-0.05, 0) is 0 Å². The predicted molar refractivity (Wildman–Crippen MR) is 37.5 cm³/mol. The van der Waals surface area contributed by atoms with Crippen molar-refractivity contribution < 1.29 is 18.0 Å². The number of hydrogen-bond donors (Lipinski definition) is 1. The van der Waals surface area contributed by atoms with Crippen molar-refractivity contribution >= 4 is 5.91 Å². The molecule has 0 aromatic rings. The summed E-state index contributed by atoms with van der Waals surface area (Å²) in [5.41, 5.74) is 6.90. The molecule has 12 heavy (non-hydrogen) atoms. The number of nitrogens with one attached hydrogen (secondary N) is 2. The standard InChI is InChI=1S/C6H10F3N2O/c1-4(10)2-5(12)11-3-6(7,8)9/h4,10H,2-3H2,1H3,(H,11,12)/q-1. The Morgan fingerprint density at radius 2 is 2.08 bits per heavy atom. The fraction of sp³-hybridized carbons (Fsp3) is 0.833. The molecule has 0 rings (SSSR count). The van der Waals surface area contributed by atoms with Crippen molar-refractivity contribution in [2.75, 3.05) is 6.54 Å². The van der Waals surface area contributed by atoms with E-state index in [2.05, 4.69) is 0 Å². The topological polar surface area (TPSA) is 52.9 Å². The molecule has 0 aliphatic carbocycles. The summed E-state index contributed by atoms with van der Waals surface area (Å²) in [4.78, 5) is 10.6. The van der Waals surface area contributed by atoms with E-state index in [1.54, 1.807) is 5.32 Å². The van der Waals surface area contributed by atoms with E-state index in [1.807, 2.05) is 0 Å². The zero-order valence-electron chi connectivity index (χ0n) is 6.53. The number of amides is 1. The molecule has 0 saturated carbocycles. The molecular formula is C6H10F3N2O-. The minimum absolute atomic E-state index is 0.198. The zero-order chi connectivity index (χ0) is 9.78. The highest BCUT2D eigenvalue weighted by molar-refractivity contribution is 5.76. The second-order valence-corrected chi connectivity index (χ2v) is 2.50. The lowest BCUT2D eigenvalue weighted by Crippen LogP contribution is -2.34. The van der Waals surface area contributed by atoms with Crippen molar-refractivity contribution in [1.82, 2.24) is 5.32 Å². The maximum atomic E-state index is 11.5. The SMILES string of the molecule is CC([NH-])CC(=O)NCC(F)(F)F. The molecule has 0 heterocycles. The van der Waals surface area contributed by atoms with Gasteiger partial charge in [0, 0.05) is 6.42 Å². The van der Waals surface area contributed by atoms with Crippen molar-refractivity contribution in [2.24, 2.45) is 0 Å². The van der Waals surface area contributed by atoms with Crippen LogP contribution in [-0.2, 0) is 4.79 Å². The highest BCUT2D eigenvalue weighted by atomic mass is 19.4. The third kappa shape index (κ3) is 7.33. The number of carbonyl (C=O) groups is 1. The summed E-state index contributed by atoms with van der Waals surface area (Å²) in [5, 5.41) is 1.67. The van der Waals surface area contributed by atoms with Crippen molar-refractivity contribution in [3.63, 3.8) is 0 Å². The summed E-state index contributed by atoms with van der Waals surface area (Å²) >= 11 is 0. The first-order valence-electron chi connectivity index (χ1n) is 3.36. The van der Waals surface area contributed by atoms with Crippen LogP contribution in [0.25, 0.3) is 5.73 Å². The van der Waals surface area contributed by atoms with Crippen LogP contribution in [0.2, 0.25) is 0 Å². The van der Waals surface area contributed by atoms with Crippen LogP contribution in [0, 0.1) is 0 Å². The number of halogens is 3. The lowest BCUT2D eigenvalue weighted by atomic mass is 10.2. The first-order chi connectivity index (χ1) is 5.31. The number of alkyl halides is 3. The second-order valence-electron chi connectivity index (χ2n) is 2.50. The molecule has 0 saturated heterocycles. The minimum atomic E-state index is -4.37. The van der Waals surface area contributed by atoms with E-state index >= 15 is 0 Å². The van der Waals surface area contributed by atoms with E-state index in [4.69, 9.17) is 5.73 Å². The Bertz CT molecular complexity index is 155. The Morgan fingerprint density at radius 3 is 2.42 bits per heavy atom. The third-order valence-corrected chi connectivity index (χ3v) is 0.978. The van der Waals surface area contributed by atoms with Crippen molar-refractivity contribution in [2.45, 2.75) is 25.6 Å². The van der Waals surface area contributed by atoms with Crippen molar-refractivity contribution in [3.8, 4) is 0 Å². The maximum Gasteiger partial charge on any atom is 0.405 e. The van der Waals surface area contributed by atoms with Gasteiger partial charge in [0.1, 0.15) is 6.54 Å². The van der Waals surface area contributed by atoms with Crippen LogP contribution >= 0.6 is 0 Å². The van der Waals surface area contributed by atoms with Crippen LogP contribution in [0.4, 0.5) is 13.2 Å². The molecule has 0 aromatic carbocycles. The van der Waals surface area contributed by atoms with E-state index in [-0.39, 0.29) is 6.42 Å². The van der Waals surface area contributed by atoms with Gasteiger partial charge in [-0.25, -0.2) is 0 Å². The van der Waals surface area contributed by atoms with Gasteiger partial charge in [0.2, 0.25) is 5.91 Å². The van der Waals surface area contributed by atoms with Gasteiger partial charge in [-0.1, -0.05) is 6.92 Å². The van der Waals surface area contributed by atoms with Gasteiger partial charge in [0.15, 0.2) is 0 Å². The minimum Gasteiger partial charge on any atom is -0.674 e. The molecule has 2 N–H and O–H groups in total. The van der Waals surface area contributed by atoms with E-state index in [9.17, 15) is 18.0 Å². The van der Waals surface area contributed by atoms with E-state index in [0.717, 1.165) is 0 Å². The predicted octanol–water partition coefficient (Wildman–Crippen LogP) is 1.50. The fourth-order valence-corrected chi connectivity index (χ4v) is 0.549. The molecule has 1 unspecified atom stereocenters. The van der Waals surface area contributed by atoms with Crippen molar-refractivity contribution in [1.29, 1.82) is 0 Å².